The average Bonchev–Trinajstić information content (AvgIpc) is 2.26. The summed E-state index contributed by atoms with van der Waals surface area (Å²) in [6, 6.07) is 7.59. The summed E-state index contributed by atoms with van der Waals surface area (Å²) in [5.41, 5.74) is 1.88. The van der Waals surface area contributed by atoms with Gasteiger partial charge in [-0.1, -0.05) is 38.1 Å². The molecule has 1 N–H and O–H groups in total. The fraction of sp³-hybridized carbons (Fsp3) is 0.429. The van der Waals surface area contributed by atoms with E-state index in [1.54, 1.807) is 0 Å². The largest absolute Gasteiger partial charge is 0.349 e. The highest BCUT2D eigenvalue weighted by Crippen LogP contribution is 2.10. The number of Topliss-reactive ketones (excluding diaryl/α,β-unsaturated/α-hetero) is 1. The van der Waals surface area contributed by atoms with Gasteiger partial charge < -0.3 is 5.32 Å². The molecule has 17 heavy (non-hydrogen) atoms. The fourth-order valence-electron chi connectivity index (χ4n) is 1.60. The van der Waals surface area contributed by atoms with Crippen LogP contribution in [0.2, 0.25) is 0 Å². The van der Waals surface area contributed by atoms with E-state index in [1.807, 2.05) is 24.3 Å². The van der Waals surface area contributed by atoms with E-state index in [0.29, 0.717) is 11.5 Å². The molecule has 0 radical (unpaired) electrons. The highest BCUT2D eigenvalue weighted by atomic mass is 16.2. The summed E-state index contributed by atoms with van der Waals surface area (Å²) in [5, 5.41) is 2.50. The maximum Gasteiger partial charge on any atom is 0.217 e. The molecule has 1 amide bonds. The number of nitrogens with one attached hydrogen (secondary N) is 1. The van der Waals surface area contributed by atoms with Crippen molar-refractivity contribution in [1.82, 2.24) is 5.32 Å². The quantitative estimate of drug-likeness (QED) is 0.792. The predicted molar refractivity (Wildman–Crippen MR) is 68.0 cm³/mol. The van der Waals surface area contributed by atoms with E-state index >= 15 is 0 Å². The van der Waals surface area contributed by atoms with Crippen molar-refractivity contribution in [3.63, 3.8) is 0 Å². The summed E-state index contributed by atoms with van der Waals surface area (Å²) in [4.78, 5) is 22.4. The number of rotatable bonds is 5. The Morgan fingerprint density at radius 1 is 1.18 bits per heavy atom. The van der Waals surface area contributed by atoms with Gasteiger partial charge in [-0.3, -0.25) is 9.59 Å². The number of carbonyl (C=O) groups is 2. The number of benzene rings is 1. The van der Waals surface area contributed by atoms with E-state index in [9.17, 15) is 9.59 Å². The summed E-state index contributed by atoms with van der Waals surface area (Å²) >= 11 is 0. The van der Waals surface area contributed by atoms with Gasteiger partial charge in [0.05, 0.1) is 6.54 Å². The van der Waals surface area contributed by atoms with Gasteiger partial charge in [-0.05, 0) is 17.9 Å². The van der Waals surface area contributed by atoms with Crippen molar-refractivity contribution in [3.05, 3.63) is 35.4 Å². The molecule has 1 rings (SSSR count). The molecule has 0 unspecified atom stereocenters. The van der Waals surface area contributed by atoms with Gasteiger partial charge in [0.15, 0.2) is 5.78 Å². The van der Waals surface area contributed by atoms with Crippen molar-refractivity contribution in [2.75, 3.05) is 6.54 Å². The fourth-order valence-corrected chi connectivity index (χ4v) is 1.60. The van der Waals surface area contributed by atoms with Crippen LogP contribution < -0.4 is 5.32 Å². The van der Waals surface area contributed by atoms with Crippen LogP contribution in [0.5, 0.6) is 0 Å². The van der Waals surface area contributed by atoms with Gasteiger partial charge in [0.25, 0.3) is 0 Å². The second-order valence-electron chi connectivity index (χ2n) is 4.63. The summed E-state index contributed by atoms with van der Waals surface area (Å²) in [7, 11) is 0. The summed E-state index contributed by atoms with van der Waals surface area (Å²) < 4.78 is 0. The molecular formula is C14H19NO2. The topological polar surface area (TPSA) is 46.2 Å². The van der Waals surface area contributed by atoms with Gasteiger partial charge in [-0.25, -0.2) is 0 Å². The van der Waals surface area contributed by atoms with Gasteiger partial charge in [-0.2, -0.15) is 0 Å². The number of carbonyl (C=O) groups excluding carboxylic acids is 2. The van der Waals surface area contributed by atoms with Crippen LogP contribution in [0.1, 0.15) is 36.7 Å². The lowest BCUT2D eigenvalue weighted by Crippen LogP contribution is -2.27. The van der Waals surface area contributed by atoms with Gasteiger partial charge in [0, 0.05) is 12.5 Å². The molecule has 0 aliphatic rings. The lowest BCUT2D eigenvalue weighted by molar-refractivity contribution is -0.118. The van der Waals surface area contributed by atoms with Gasteiger partial charge in [0.2, 0.25) is 5.91 Å². The maximum absolute atomic E-state index is 11.7. The first-order chi connectivity index (χ1) is 7.99. The molecule has 92 valence electrons. The molecule has 0 aromatic heterocycles. The Labute approximate surface area is 102 Å². The van der Waals surface area contributed by atoms with Crippen LogP contribution in [0.4, 0.5) is 0 Å². The molecule has 0 spiro atoms. The molecular weight excluding hydrogens is 214 g/mol. The van der Waals surface area contributed by atoms with E-state index in [0.717, 1.165) is 6.42 Å². The maximum atomic E-state index is 11.7. The molecule has 0 bridgehead atoms. The van der Waals surface area contributed by atoms with Gasteiger partial charge in [0.1, 0.15) is 0 Å². The zero-order chi connectivity index (χ0) is 12.8. The third kappa shape index (κ3) is 4.81. The zero-order valence-electron chi connectivity index (χ0n) is 10.6. The van der Waals surface area contributed by atoms with Crippen LogP contribution in [0, 0.1) is 5.92 Å². The van der Waals surface area contributed by atoms with E-state index in [4.69, 9.17) is 0 Å². The van der Waals surface area contributed by atoms with Crippen molar-refractivity contribution in [3.8, 4) is 0 Å². The molecule has 3 heteroatoms. The molecule has 0 aliphatic heterocycles. The minimum absolute atomic E-state index is 0.0590. The van der Waals surface area contributed by atoms with Crippen LogP contribution in [-0.2, 0) is 11.2 Å². The highest BCUT2D eigenvalue weighted by molar-refractivity contribution is 5.99. The molecule has 1 aromatic rings. The van der Waals surface area contributed by atoms with Crippen LogP contribution in [0.25, 0.3) is 0 Å². The van der Waals surface area contributed by atoms with Crippen molar-refractivity contribution in [1.29, 1.82) is 0 Å². The molecule has 3 nitrogen and oxygen atoms in total. The Kier molecular flexibility index (Phi) is 4.88. The first-order valence-corrected chi connectivity index (χ1v) is 5.85. The zero-order valence-corrected chi connectivity index (χ0v) is 10.6. The number of ketones is 1. The second kappa shape index (κ2) is 6.18. The van der Waals surface area contributed by atoms with Crippen molar-refractivity contribution in [2.24, 2.45) is 5.92 Å². The molecule has 0 aliphatic carbocycles. The minimum atomic E-state index is -0.185. The standard InChI is InChI=1S/C14H19NO2/c1-10(2)8-12-4-6-13(7-5-12)14(17)9-15-11(3)16/h4-7,10H,8-9H2,1-3H3,(H,15,16). The summed E-state index contributed by atoms with van der Waals surface area (Å²) in [6.07, 6.45) is 1.01. The molecule has 0 heterocycles. The second-order valence-corrected chi connectivity index (χ2v) is 4.63. The Morgan fingerprint density at radius 3 is 2.24 bits per heavy atom. The molecule has 1 aromatic carbocycles. The number of hydrogen-bond donors (Lipinski definition) is 1. The van der Waals surface area contributed by atoms with Gasteiger partial charge in [-0.15, -0.1) is 0 Å². The Hall–Kier alpha value is -1.64. The normalized spacial score (nSPS) is 10.4. The average molecular weight is 233 g/mol. The smallest absolute Gasteiger partial charge is 0.217 e. The first-order valence-electron chi connectivity index (χ1n) is 5.85. The Morgan fingerprint density at radius 2 is 1.76 bits per heavy atom. The minimum Gasteiger partial charge on any atom is -0.349 e. The van der Waals surface area contributed by atoms with E-state index in [-0.39, 0.29) is 18.2 Å². The van der Waals surface area contributed by atoms with Crippen molar-refractivity contribution < 1.29 is 9.59 Å². The summed E-state index contributed by atoms with van der Waals surface area (Å²) in [5.74, 6) is 0.363. The molecule has 0 fully saturated rings. The number of amides is 1. The van der Waals surface area contributed by atoms with Crippen molar-refractivity contribution >= 4 is 11.7 Å². The molecule has 0 atom stereocenters. The molecule has 0 saturated carbocycles. The summed E-state index contributed by atoms with van der Waals surface area (Å²) in [6.45, 7) is 5.80. The lowest BCUT2D eigenvalue weighted by Gasteiger charge is -2.06. The van der Waals surface area contributed by atoms with Crippen LogP contribution in [-0.4, -0.2) is 18.2 Å². The van der Waals surface area contributed by atoms with Crippen molar-refractivity contribution in [2.45, 2.75) is 27.2 Å². The lowest BCUT2D eigenvalue weighted by atomic mass is 10.0. The Bertz CT molecular complexity index is 393. The molecule has 0 saturated heterocycles. The Balaban J connectivity index is 2.60. The highest BCUT2D eigenvalue weighted by Gasteiger charge is 2.06. The first kappa shape index (κ1) is 13.4. The van der Waals surface area contributed by atoms with E-state index in [2.05, 4.69) is 19.2 Å². The van der Waals surface area contributed by atoms with Crippen LogP contribution >= 0.6 is 0 Å². The van der Waals surface area contributed by atoms with Gasteiger partial charge >= 0.3 is 0 Å². The predicted octanol–water partition coefficient (Wildman–Crippen LogP) is 2.20. The van der Waals surface area contributed by atoms with E-state index in [1.165, 1.54) is 12.5 Å². The monoisotopic (exact) mass is 233 g/mol. The van der Waals surface area contributed by atoms with Crippen LogP contribution in [0.3, 0.4) is 0 Å². The third-order valence-corrected chi connectivity index (χ3v) is 2.42. The third-order valence-electron chi connectivity index (χ3n) is 2.42. The number of hydrogen-bond acceptors (Lipinski definition) is 2. The van der Waals surface area contributed by atoms with Crippen LogP contribution in [0.15, 0.2) is 24.3 Å². The van der Waals surface area contributed by atoms with E-state index < -0.39 is 0 Å². The SMILES string of the molecule is CC(=O)NCC(=O)c1ccc(CC(C)C)cc1.